The van der Waals surface area contributed by atoms with Gasteiger partial charge in [-0.05, 0) is 80.3 Å². The van der Waals surface area contributed by atoms with Gasteiger partial charge in [0.1, 0.15) is 11.6 Å². The van der Waals surface area contributed by atoms with E-state index < -0.39 is 48.4 Å². The molecular formula is C43H49F3N6O7. The zero-order valence-corrected chi connectivity index (χ0v) is 33.5. The molecule has 0 aliphatic heterocycles. The van der Waals surface area contributed by atoms with Crippen LogP contribution < -0.4 is 21.4 Å². The quantitative estimate of drug-likeness (QED) is 0.0400. The number of rotatable bonds is 20. The van der Waals surface area contributed by atoms with Crippen LogP contribution in [-0.4, -0.2) is 52.7 Å². The molecule has 0 aliphatic carbocycles. The summed E-state index contributed by atoms with van der Waals surface area (Å²) in [6, 6.07) is 18.8. The number of anilines is 1. The van der Waals surface area contributed by atoms with Crippen LogP contribution >= 0.6 is 0 Å². The van der Waals surface area contributed by atoms with E-state index in [1.54, 1.807) is 25.1 Å². The highest BCUT2D eigenvalue weighted by Crippen LogP contribution is 2.33. The van der Waals surface area contributed by atoms with Gasteiger partial charge in [0, 0.05) is 31.1 Å². The van der Waals surface area contributed by atoms with Crippen molar-refractivity contribution < 1.29 is 46.7 Å². The smallest absolute Gasteiger partial charge is 0.416 e. The highest BCUT2D eigenvalue weighted by Gasteiger charge is 2.34. The molecule has 4 amide bonds. The molecule has 4 N–H and O–H groups in total. The topological polar surface area (TPSA) is 178 Å². The molecule has 0 spiro atoms. The molecule has 4 rings (SSSR count). The van der Waals surface area contributed by atoms with Gasteiger partial charge in [-0.25, -0.2) is 20.2 Å². The first kappa shape index (κ1) is 45.5. The molecule has 0 saturated carbocycles. The molecule has 0 radical (unpaired) electrons. The standard InChI is InChI=1S/C43H49F3N6O7/c1-5-58-42(57)48-25-32-18-17-31(22-36(32)43(44,45)46)37(53)23-33-24-38(50-28(4)49-33)51-41(56)35-21-29(15-14-27(2)3)16-19-34(35)40(55)47-20-10-9-13-39(54)52-59-26-30-11-7-6-8-12-30/h6-8,11-12,16-19,21-22,24,27H,5,9-10,13-15,20,23,25-26H2,1-4H3,(H,47,55)(H,48,57)(H,52,54)(H,49,50,51,56). The molecule has 3 aromatic carbocycles. The molecule has 314 valence electrons. The molecule has 1 heterocycles. The number of hydrogen-bond acceptors (Lipinski definition) is 9. The van der Waals surface area contributed by atoms with Crippen LogP contribution in [0.25, 0.3) is 0 Å². The zero-order valence-electron chi connectivity index (χ0n) is 33.5. The highest BCUT2D eigenvalue weighted by molar-refractivity contribution is 6.12. The lowest BCUT2D eigenvalue weighted by Crippen LogP contribution is -2.28. The Morgan fingerprint density at radius 3 is 2.31 bits per heavy atom. The number of carbonyl (C=O) groups is 5. The van der Waals surface area contributed by atoms with Gasteiger partial charge in [-0.3, -0.25) is 24.0 Å². The van der Waals surface area contributed by atoms with Crippen molar-refractivity contribution in [1.29, 1.82) is 0 Å². The monoisotopic (exact) mass is 818 g/mol. The third-order valence-corrected chi connectivity index (χ3v) is 8.88. The molecule has 0 atom stereocenters. The fourth-order valence-corrected chi connectivity index (χ4v) is 5.87. The predicted octanol–water partition coefficient (Wildman–Crippen LogP) is 7.46. The molecule has 0 bridgehead atoms. The van der Waals surface area contributed by atoms with E-state index in [1.165, 1.54) is 19.1 Å². The Labute approximate surface area is 340 Å². The summed E-state index contributed by atoms with van der Waals surface area (Å²) >= 11 is 0. The number of Topliss-reactive ketones (excluding diaryl/α,β-unsaturated/α-hetero) is 1. The maximum atomic E-state index is 14.0. The summed E-state index contributed by atoms with van der Waals surface area (Å²) in [6.07, 6.45) is -3.45. The van der Waals surface area contributed by atoms with Gasteiger partial charge in [-0.15, -0.1) is 0 Å². The average Bonchev–Trinajstić information content (AvgIpc) is 3.18. The summed E-state index contributed by atoms with van der Waals surface area (Å²) in [5, 5.41) is 7.76. The Bertz CT molecular complexity index is 2090. The van der Waals surface area contributed by atoms with E-state index in [-0.39, 0.29) is 71.7 Å². The van der Waals surface area contributed by atoms with Crippen LogP contribution in [0.1, 0.15) is 111 Å². The number of nitrogens with zero attached hydrogens (tertiary/aromatic N) is 2. The number of nitrogens with one attached hydrogen (secondary N) is 4. The third-order valence-electron chi connectivity index (χ3n) is 8.88. The Morgan fingerprint density at radius 1 is 0.831 bits per heavy atom. The normalized spacial score (nSPS) is 11.2. The minimum absolute atomic E-state index is 0.0200. The van der Waals surface area contributed by atoms with Gasteiger partial charge in [0.15, 0.2) is 5.78 Å². The van der Waals surface area contributed by atoms with E-state index in [9.17, 15) is 37.1 Å². The van der Waals surface area contributed by atoms with Crippen LogP contribution in [0.15, 0.2) is 72.8 Å². The summed E-state index contributed by atoms with van der Waals surface area (Å²) in [5.41, 5.74) is 2.94. The van der Waals surface area contributed by atoms with Crippen molar-refractivity contribution in [3.63, 3.8) is 0 Å². The number of alkyl halides is 3. The minimum Gasteiger partial charge on any atom is -0.450 e. The number of benzene rings is 3. The number of aryl methyl sites for hydroxylation is 2. The van der Waals surface area contributed by atoms with Crippen LogP contribution in [0.2, 0.25) is 0 Å². The Kier molecular flexibility index (Phi) is 17.1. The second-order valence-electron chi connectivity index (χ2n) is 14.1. The first-order valence-electron chi connectivity index (χ1n) is 19.3. The number of amides is 4. The molecule has 4 aromatic rings. The zero-order chi connectivity index (χ0) is 43.0. The summed E-state index contributed by atoms with van der Waals surface area (Å²) in [5.74, 6) is -1.51. The minimum atomic E-state index is -4.82. The molecule has 13 nitrogen and oxygen atoms in total. The van der Waals surface area contributed by atoms with Crippen molar-refractivity contribution in [3.05, 3.63) is 123 Å². The molecule has 16 heteroatoms. The van der Waals surface area contributed by atoms with E-state index in [0.717, 1.165) is 29.7 Å². The van der Waals surface area contributed by atoms with Crippen LogP contribution in [0.3, 0.4) is 0 Å². The van der Waals surface area contributed by atoms with E-state index in [1.807, 2.05) is 30.3 Å². The number of carbonyl (C=O) groups excluding carboxylic acids is 5. The number of ketones is 1. The van der Waals surface area contributed by atoms with Crippen molar-refractivity contribution in [3.8, 4) is 0 Å². The van der Waals surface area contributed by atoms with Crippen LogP contribution in [0.4, 0.5) is 23.8 Å². The van der Waals surface area contributed by atoms with Gasteiger partial charge in [0.2, 0.25) is 5.91 Å². The SMILES string of the molecule is CCOC(=O)NCc1ccc(C(=O)Cc2cc(NC(=O)c3cc(CCC(C)C)ccc3C(=O)NCCCCC(=O)NOCc3ccccc3)nc(C)n2)cc1C(F)(F)F. The van der Waals surface area contributed by atoms with E-state index in [4.69, 9.17) is 9.57 Å². The van der Waals surface area contributed by atoms with E-state index >= 15 is 0 Å². The lowest BCUT2D eigenvalue weighted by Gasteiger charge is -2.15. The average molecular weight is 819 g/mol. The molecule has 59 heavy (non-hydrogen) atoms. The second kappa shape index (κ2) is 22.1. The highest BCUT2D eigenvalue weighted by atomic mass is 19.4. The largest absolute Gasteiger partial charge is 0.450 e. The number of ether oxygens (including phenoxy) is 1. The summed E-state index contributed by atoms with van der Waals surface area (Å²) in [7, 11) is 0. The first-order chi connectivity index (χ1) is 28.1. The molecular weight excluding hydrogens is 770 g/mol. The van der Waals surface area contributed by atoms with Crippen molar-refractivity contribution in [2.75, 3.05) is 18.5 Å². The molecule has 0 fully saturated rings. The van der Waals surface area contributed by atoms with Gasteiger partial charge in [-0.2, -0.15) is 13.2 Å². The number of halogens is 3. The molecule has 0 saturated heterocycles. The third kappa shape index (κ3) is 14.9. The van der Waals surface area contributed by atoms with Crippen LogP contribution in [0.5, 0.6) is 0 Å². The lowest BCUT2D eigenvalue weighted by molar-refractivity contribution is -0.138. The van der Waals surface area contributed by atoms with E-state index in [0.29, 0.717) is 25.2 Å². The predicted molar refractivity (Wildman–Crippen MR) is 213 cm³/mol. The number of aromatic nitrogens is 2. The van der Waals surface area contributed by atoms with Crippen molar-refractivity contribution in [2.45, 2.75) is 85.5 Å². The molecule has 1 aromatic heterocycles. The Morgan fingerprint density at radius 2 is 1.59 bits per heavy atom. The number of unbranched alkanes of at least 4 members (excludes halogenated alkanes) is 1. The Balaban J connectivity index is 1.42. The summed E-state index contributed by atoms with van der Waals surface area (Å²) in [6.45, 7) is 7.30. The van der Waals surface area contributed by atoms with Crippen LogP contribution in [0, 0.1) is 12.8 Å². The first-order valence-corrected chi connectivity index (χ1v) is 19.3. The maximum absolute atomic E-state index is 14.0. The van der Waals surface area contributed by atoms with Gasteiger partial charge in [0.05, 0.1) is 42.0 Å². The molecule has 0 aliphatic rings. The van der Waals surface area contributed by atoms with Gasteiger partial charge < -0.3 is 20.7 Å². The van der Waals surface area contributed by atoms with Crippen molar-refractivity contribution in [1.82, 2.24) is 26.1 Å². The fraction of sp³-hybridized carbons (Fsp3) is 0.372. The lowest BCUT2D eigenvalue weighted by atomic mass is 9.97. The fourth-order valence-electron chi connectivity index (χ4n) is 5.87. The van der Waals surface area contributed by atoms with Gasteiger partial charge >= 0.3 is 12.3 Å². The molecule has 0 unspecified atom stereocenters. The maximum Gasteiger partial charge on any atom is 0.416 e. The van der Waals surface area contributed by atoms with Crippen molar-refractivity contribution >= 4 is 35.4 Å². The number of hydrogen-bond donors (Lipinski definition) is 4. The van der Waals surface area contributed by atoms with Crippen LogP contribution in [-0.2, 0) is 46.5 Å². The van der Waals surface area contributed by atoms with Crippen molar-refractivity contribution in [2.24, 2.45) is 5.92 Å². The van der Waals surface area contributed by atoms with Gasteiger partial charge in [0.25, 0.3) is 11.8 Å². The number of hydroxylamine groups is 1. The second-order valence-corrected chi connectivity index (χ2v) is 14.1. The number of alkyl carbamates (subject to hydrolysis) is 1. The summed E-state index contributed by atoms with van der Waals surface area (Å²) < 4.78 is 46.6. The Hall–Kier alpha value is -6.16. The summed E-state index contributed by atoms with van der Waals surface area (Å²) in [4.78, 5) is 78.1. The van der Waals surface area contributed by atoms with Gasteiger partial charge in [-0.1, -0.05) is 62.4 Å². The van der Waals surface area contributed by atoms with E-state index in [2.05, 4.69) is 45.2 Å².